The van der Waals surface area contributed by atoms with E-state index in [1.54, 1.807) is 12.1 Å². The number of nitrogens with one attached hydrogen (secondary N) is 1. The van der Waals surface area contributed by atoms with Gasteiger partial charge in [0.1, 0.15) is 12.4 Å². The van der Waals surface area contributed by atoms with Gasteiger partial charge in [0.05, 0.1) is 11.6 Å². The Bertz CT molecular complexity index is 682. The van der Waals surface area contributed by atoms with Gasteiger partial charge in [-0.2, -0.15) is 5.26 Å². The highest BCUT2D eigenvalue weighted by atomic mass is 79.9. The number of hydrogen-bond donors (Lipinski definition) is 1. The fourth-order valence-electron chi connectivity index (χ4n) is 1.86. The summed E-state index contributed by atoms with van der Waals surface area (Å²) in [5, 5.41) is 12.5. The SMILES string of the molecule is CNCc1cc(OCc2ccc(C#N)cc2Cl)ccc1Br. The average Bonchev–Trinajstić information content (AvgIpc) is 2.49. The Morgan fingerprint density at radius 2 is 2.05 bits per heavy atom. The predicted molar refractivity (Wildman–Crippen MR) is 87.4 cm³/mol. The first-order valence-corrected chi connectivity index (χ1v) is 7.55. The fraction of sp³-hybridized carbons (Fsp3) is 0.188. The zero-order valence-electron chi connectivity index (χ0n) is 11.5. The Hall–Kier alpha value is -1.54. The lowest BCUT2D eigenvalue weighted by Gasteiger charge is -2.10. The minimum atomic E-state index is 0.366. The van der Waals surface area contributed by atoms with Crippen LogP contribution in [0.2, 0.25) is 5.02 Å². The molecule has 0 amide bonds. The van der Waals surface area contributed by atoms with Crippen molar-refractivity contribution in [1.82, 2.24) is 5.32 Å². The van der Waals surface area contributed by atoms with Crippen LogP contribution in [0.25, 0.3) is 0 Å². The molecule has 0 aliphatic carbocycles. The Kier molecular flexibility index (Phi) is 5.63. The third kappa shape index (κ3) is 4.21. The minimum absolute atomic E-state index is 0.366. The van der Waals surface area contributed by atoms with Gasteiger partial charge in [-0.25, -0.2) is 0 Å². The molecule has 0 spiro atoms. The summed E-state index contributed by atoms with van der Waals surface area (Å²) in [5.41, 5.74) is 2.53. The van der Waals surface area contributed by atoms with Crippen LogP contribution >= 0.6 is 27.5 Å². The Morgan fingerprint density at radius 3 is 2.71 bits per heavy atom. The van der Waals surface area contributed by atoms with E-state index in [1.165, 1.54) is 0 Å². The number of ether oxygens (including phenoxy) is 1. The van der Waals surface area contributed by atoms with Gasteiger partial charge in [0.25, 0.3) is 0 Å². The summed E-state index contributed by atoms with van der Waals surface area (Å²) < 4.78 is 6.81. The van der Waals surface area contributed by atoms with Gasteiger partial charge in [0, 0.05) is 21.6 Å². The van der Waals surface area contributed by atoms with Crippen LogP contribution in [-0.4, -0.2) is 7.05 Å². The summed E-state index contributed by atoms with van der Waals surface area (Å²) in [4.78, 5) is 0. The van der Waals surface area contributed by atoms with E-state index >= 15 is 0 Å². The zero-order valence-corrected chi connectivity index (χ0v) is 13.8. The van der Waals surface area contributed by atoms with Crippen molar-refractivity contribution in [3.8, 4) is 11.8 Å². The summed E-state index contributed by atoms with van der Waals surface area (Å²) >= 11 is 9.64. The van der Waals surface area contributed by atoms with Crippen molar-refractivity contribution < 1.29 is 4.74 Å². The molecule has 0 saturated carbocycles. The molecule has 1 N–H and O–H groups in total. The molecule has 5 heteroatoms. The van der Waals surface area contributed by atoms with E-state index in [0.29, 0.717) is 17.2 Å². The van der Waals surface area contributed by atoms with Crippen molar-refractivity contribution in [3.63, 3.8) is 0 Å². The van der Waals surface area contributed by atoms with E-state index in [9.17, 15) is 0 Å². The summed E-state index contributed by atoms with van der Waals surface area (Å²) in [6.45, 7) is 1.13. The highest BCUT2D eigenvalue weighted by Crippen LogP contribution is 2.24. The first kappa shape index (κ1) is 15.8. The van der Waals surface area contributed by atoms with Gasteiger partial charge in [-0.3, -0.25) is 0 Å². The molecule has 0 aliphatic rings. The maximum Gasteiger partial charge on any atom is 0.120 e. The number of hydrogen-bond acceptors (Lipinski definition) is 3. The molecule has 2 aromatic carbocycles. The second-order valence-electron chi connectivity index (χ2n) is 4.49. The molecule has 0 aliphatic heterocycles. The smallest absolute Gasteiger partial charge is 0.120 e. The van der Waals surface area contributed by atoms with Gasteiger partial charge in [-0.05, 0) is 42.9 Å². The van der Waals surface area contributed by atoms with Crippen LogP contribution in [0.15, 0.2) is 40.9 Å². The van der Waals surface area contributed by atoms with Crippen molar-refractivity contribution in [3.05, 3.63) is 62.6 Å². The van der Waals surface area contributed by atoms with Crippen LogP contribution in [-0.2, 0) is 13.2 Å². The Morgan fingerprint density at radius 1 is 1.24 bits per heavy atom. The molecule has 0 atom stereocenters. The van der Waals surface area contributed by atoms with E-state index in [0.717, 1.165) is 27.9 Å². The highest BCUT2D eigenvalue weighted by Gasteiger charge is 2.05. The van der Waals surface area contributed by atoms with Gasteiger partial charge in [0.2, 0.25) is 0 Å². The van der Waals surface area contributed by atoms with Crippen molar-refractivity contribution in [2.24, 2.45) is 0 Å². The minimum Gasteiger partial charge on any atom is -0.489 e. The molecular formula is C16H14BrClN2O. The van der Waals surface area contributed by atoms with Gasteiger partial charge < -0.3 is 10.1 Å². The lowest BCUT2D eigenvalue weighted by Crippen LogP contribution is -2.06. The largest absolute Gasteiger partial charge is 0.489 e. The Labute approximate surface area is 137 Å². The normalized spacial score (nSPS) is 10.2. The maximum absolute atomic E-state index is 8.82. The lowest BCUT2D eigenvalue weighted by molar-refractivity contribution is 0.306. The second-order valence-corrected chi connectivity index (χ2v) is 5.75. The molecule has 0 saturated heterocycles. The van der Waals surface area contributed by atoms with Gasteiger partial charge >= 0.3 is 0 Å². The van der Waals surface area contributed by atoms with E-state index < -0.39 is 0 Å². The molecule has 0 bridgehead atoms. The molecule has 2 aromatic rings. The van der Waals surface area contributed by atoms with Crippen LogP contribution in [0.4, 0.5) is 0 Å². The van der Waals surface area contributed by atoms with Gasteiger partial charge in [-0.1, -0.05) is 33.6 Å². The van der Waals surface area contributed by atoms with Gasteiger partial charge in [-0.15, -0.1) is 0 Å². The molecule has 0 fully saturated rings. The monoisotopic (exact) mass is 364 g/mol. The molecule has 0 heterocycles. The van der Waals surface area contributed by atoms with E-state index in [2.05, 4.69) is 27.3 Å². The van der Waals surface area contributed by atoms with Crippen molar-refractivity contribution in [1.29, 1.82) is 5.26 Å². The number of rotatable bonds is 5. The van der Waals surface area contributed by atoms with Gasteiger partial charge in [0.15, 0.2) is 0 Å². The average molecular weight is 366 g/mol. The number of nitriles is 1. The molecular weight excluding hydrogens is 352 g/mol. The number of benzene rings is 2. The van der Waals surface area contributed by atoms with Crippen LogP contribution in [0.3, 0.4) is 0 Å². The van der Waals surface area contributed by atoms with Crippen LogP contribution in [0, 0.1) is 11.3 Å². The maximum atomic E-state index is 8.82. The van der Waals surface area contributed by atoms with E-state index in [-0.39, 0.29) is 0 Å². The predicted octanol–water partition coefficient (Wildman–Crippen LogP) is 4.27. The summed E-state index contributed by atoms with van der Waals surface area (Å²) in [5.74, 6) is 0.781. The highest BCUT2D eigenvalue weighted by molar-refractivity contribution is 9.10. The van der Waals surface area contributed by atoms with Crippen molar-refractivity contribution in [2.45, 2.75) is 13.2 Å². The number of nitrogens with zero attached hydrogens (tertiary/aromatic N) is 1. The fourth-order valence-corrected chi connectivity index (χ4v) is 2.48. The molecule has 2 rings (SSSR count). The molecule has 3 nitrogen and oxygen atoms in total. The Balaban J connectivity index is 2.10. The number of halogens is 2. The molecule has 0 aromatic heterocycles. The first-order chi connectivity index (χ1) is 10.1. The standard InChI is InChI=1S/C16H14BrClN2O/c1-20-9-13-7-14(4-5-15(13)17)21-10-12-3-2-11(8-19)6-16(12)18/h2-7,20H,9-10H2,1H3. The van der Waals surface area contributed by atoms with Crippen LogP contribution in [0.5, 0.6) is 5.75 Å². The van der Waals surface area contributed by atoms with Crippen LogP contribution < -0.4 is 10.1 Å². The molecule has 0 radical (unpaired) electrons. The van der Waals surface area contributed by atoms with E-state index in [4.69, 9.17) is 21.6 Å². The lowest BCUT2D eigenvalue weighted by atomic mass is 10.1. The van der Waals surface area contributed by atoms with Crippen LogP contribution in [0.1, 0.15) is 16.7 Å². The second kappa shape index (κ2) is 7.46. The topological polar surface area (TPSA) is 45.0 Å². The molecule has 108 valence electrons. The third-order valence-electron chi connectivity index (χ3n) is 2.96. The third-order valence-corrected chi connectivity index (χ3v) is 4.09. The summed E-state index contributed by atoms with van der Waals surface area (Å²) in [6, 6.07) is 13.1. The molecule has 0 unspecified atom stereocenters. The first-order valence-electron chi connectivity index (χ1n) is 6.38. The summed E-state index contributed by atoms with van der Waals surface area (Å²) in [6.07, 6.45) is 0. The quantitative estimate of drug-likeness (QED) is 0.860. The van der Waals surface area contributed by atoms with Crippen molar-refractivity contribution >= 4 is 27.5 Å². The summed E-state index contributed by atoms with van der Waals surface area (Å²) in [7, 11) is 1.90. The molecule has 21 heavy (non-hydrogen) atoms. The van der Waals surface area contributed by atoms with E-state index in [1.807, 2.05) is 31.3 Å². The zero-order chi connectivity index (χ0) is 15.2. The van der Waals surface area contributed by atoms with Crippen molar-refractivity contribution in [2.75, 3.05) is 7.05 Å².